The topological polar surface area (TPSA) is 87.5 Å². The molecule has 1 aromatic carbocycles. The Kier molecular flexibility index (Phi) is 3.38. The number of hydrogen-bond donors (Lipinski definition) is 3. The summed E-state index contributed by atoms with van der Waals surface area (Å²) < 4.78 is 6.27. The van der Waals surface area contributed by atoms with Crippen LogP contribution >= 0.6 is 0 Å². The van der Waals surface area contributed by atoms with E-state index in [1.807, 2.05) is 0 Å². The Morgan fingerprint density at radius 1 is 1.50 bits per heavy atom. The molecule has 96 valence electrons. The Morgan fingerprint density at radius 3 is 2.83 bits per heavy atom. The maximum Gasteiger partial charge on any atom is 0.325 e. The van der Waals surface area contributed by atoms with Gasteiger partial charge in [-0.05, 0) is 17.7 Å². The monoisotopic (exact) mass is 250 g/mol. The van der Waals surface area contributed by atoms with Gasteiger partial charge in [-0.25, -0.2) is 4.79 Å². The van der Waals surface area contributed by atoms with Crippen LogP contribution in [0.25, 0.3) is 0 Å². The number of aliphatic hydroxyl groups is 1. The Hall–Kier alpha value is -2.21. The van der Waals surface area contributed by atoms with Crippen LogP contribution in [0, 0.1) is 0 Å². The molecular weight excluding hydrogens is 236 g/mol. The quantitative estimate of drug-likeness (QED) is 0.742. The summed E-state index contributed by atoms with van der Waals surface area (Å²) >= 11 is 0. The molecule has 0 radical (unpaired) electrons. The predicted molar refractivity (Wildman–Crippen MR) is 64.7 cm³/mol. The molecule has 1 atom stereocenters. The number of aliphatic hydroxyl groups excluding tert-OH is 1. The zero-order chi connectivity index (χ0) is 13.1. The van der Waals surface area contributed by atoms with Crippen molar-refractivity contribution >= 4 is 0 Å². The van der Waals surface area contributed by atoms with Crippen LogP contribution in [0.3, 0.4) is 0 Å². The Balaban J connectivity index is 2.19. The van der Waals surface area contributed by atoms with E-state index in [0.717, 1.165) is 0 Å². The lowest BCUT2D eigenvalue weighted by molar-refractivity contribution is 0.155. The van der Waals surface area contributed by atoms with E-state index in [0.29, 0.717) is 11.3 Å². The van der Waals surface area contributed by atoms with Gasteiger partial charge >= 0.3 is 5.69 Å². The van der Waals surface area contributed by atoms with Crippen molar-refractivity contribution in [3.63, 3.8) is 0 Å². The number of benzene rings is 1. The molecule has 0 saturated carbocycles. The van der Waals surface area contributed by atoms with Gasteiger partial charge in [0.1, 0.15) is 0 Å². The van der Waals surface area contributed by atoms with Crippen molar-refractivity contribution in [2.75, 3.05) is 7.11 Å². The van der Waals surface area contributed by atoms with E-state index in [4.69, 9.17) is 4.74 Å². The highest BCUT2D eigenvalue weighted by Crippen LogP contribution is 2.29. The van der Waals surface area contributed by atoms with E-state index >= 15 is 0 Å². The number of nitrogens with zero attached hydrogens (tertiary/aromatic N) is 1. The number of ether oxygens (including phenoxy) is 1. The third-order valence-corrected chi connectivity index (χ3v) is 2.68. The van der Waals surface area contributed by atoms with Crippen LogP contribution in [0.1, 0.15) is 11.7 Å². The zero-order valence-corrected chi connectivity index (χ0v) is 9.83. The van der Waals surface area contributed by atoms with E-state index in [2.05, 4.69) is 4.98 Å². The van der Waals surface area contributed by atoms with Gasteiger partial charge in [0, 0.05) is 12.4 Å². The molecule has 0 saturated heterocycles. The second-order valence-corrected chi connectivity index (χ2v) is 3.86. The molecule has 0 aliphatic heterocycles. The number of methoxy groups -OCH3 is 1. The summed E-state index contributed by atoms with van der Waals surface area (Å²) in [5, 5.41) is 19.6. The zero-order valence-electron chi connectivity index (χ0n) is 9.83. The average Bonchev–Trinajstić information content (AvgIpc) is 2.75. The molecule has 3 N–H and O–H groups in total. The molecule has 2 rings (SSSR count). The fourth-order valence-corrected chi connectivity index (χ4v) is 1.70. The maximum absolute atomic E-state index is 11.3. The summed E-state index contributed by atoms with van der Waals surface area (Å²) in [6.45, 7) is 0.119. The van der Waals surface area contributed by atoms with Gasteiger partial charge in [-0.1, -0.05) is 6.07 Å². The van der Waals surface area contributed by atoms with Crippen LogP contribution in [-0.4, -0.2) is 26.9 Å². The van der Waals surface area contributed by atoms with Crippen LogP contribution in [0.15, 0.2) is 35.4 Å². The van der Waals surface area contributed by atoms with Crippen molar-refractivity contribution < 1.29 is 14.9 Å². The van der Waals surface area contributed by atoms with Gasteiger partial charge in [-0.3, -0.25) is 4.57 Å². The number of phenolic OH excluding ortho intramolecular Hbond substituents is 1. The molecular formula is C12H14N2O4. The number of imidazole rings is 1. The van der Waals surface area contributed by atoms with E-state index in [1.54, 1.807) is 18.3 Å². The molecule has 1 aromatic heterocycles. The number of aromatic nitrogens is 2. The third-order valence-electron chi connectivity index (χ3n) is 2.68. The minimum atomic E-state index is -0.879. The standard InChI is InChI=1S/C12H14N2O4/c1-18-11-3-2-8(6-9(11)15)10(16)7-14-5-4-13-12(14)17/h2-6,10,15-16H,7H2,1H3,(H,13,17). The molecule has 6 heteroatoms. The van der Waals surface area contributed by atoms with E-state index < -0.39 is 6.10 Å². The van der Waals surface area contributed by atoms with Crippen molar-refractivity contribution in [3.05, 3.63) is 46.6 Å². The maximum atomic E-state index is 11.3. The van der Waals surface area contributed by atoms with Crippen LogP contribution in [-0.2, 0) is 6.54 Å². The number of aromatic hydroxyl groups is 1. The van der Waals surface area contributed by atoms with E-state index in [-0.39, 0.29) is 18.0 Å². The largest absolute Gasteiger partial charge is 0.504 e. The molecule has 0 spiro atoms. The van der Waals surface area contributed by atoms with Crippen molar-refractivity contribution in [3.8, 4) is 11.5 Å². The van der Waals surface area contributed by atoms with Gasteiger partial charge in [-0.2, -0.15) is 0 Å². The molecule has 2 aromatic rings. The second kappa shape index (κ2) is 4.97. The SMILES string of the molecule is COc1ccc(C(O)Cn2cc[nH]c2=O)cc1O. The number of rotatable bonds is 4. The van der Waals surface area contributed by atoms with Crippen LogP contribution in [0.2, 0.25) is 0 Å². The number of nitrogens with one attached hydrogen (secondary N) is 1. The predicted octanol–water partition coefficient (Wildman–Crippen LogP) is 0.624. The van der Waals surface area contributed by atoms with Gasteiger partial charge in [-0.15, -0.1) is 0 Å². The molecule has 1 heterocycles. The van der Waals surface area contributed by atoms with Crippen molar-refractivity contribution in [2.24, 2.45) is 0 Å². The summed E-state index contributed by atoms with van der Waals surface area (Å²) in [5.74, 6) is 0.292. The van der Waals surface area contributed by atoms with Crippen molar-refractivity contribution in [1.29, 1.82) is 0 Å². The molecule has 0 amide bonds. The number of phenols is 1. The summed E-state index contributed by atoms with van der Waals surface area (Å²) in [4.78, 5) is 13.8. The van der Waals surface area contributed by atoms with Crippen LogP contribution < -0.4 is 10.4 Å². The highest BCUT2D eigenvalue weighted by Gasteiger charge is 2.12. The lowest BCUT2D eigenvalue weighted by Crippen LogP contribution is -2.20. The van der Waals surface area contributed by atoms with E-state index in [1.165, 1.54) is 23.9 Å². The van der Waals surface area contributed by atoms with Crippen molar-refractivity contribution in [2.45, 2.75) is 12.6 Å². The molecule has 1 unspecified atom stereocenters. The summed E-state index contributed by atoms with van der Waals surface area (Å²) in [7, 11) is 1.45. The highest BCUT2D eigenvalue weighted by atomic mass is 16.5. The number of aromatic amines is 1. The first-order valence-corrected chi connectivity index (χ1v) is 5.40. The van der Waals surface area contributed by atoms with Crippen LogP contribution in [0.5, 0.6) is 11.5 Å². The van der Waals surface area contributed by atoms with Gasteiger partial charge in [0.05, 0.1) is 19.8 Å². The lowest BCUT2D eigenvalue weighted by atomic mass is 10.1. The Morgan fingerprint density at radius 2 is 2.28 bits per heavy atom. The molecule has 0 bridgehead atoms. The summed E-state index contributed by atoms with van der Waals surface area (Å²) in [6, 6.07) is 4.62. The fraction of sp³-hybridized carbons (Fsp3) is 0.250. The second-order valence-electron chi connectivity index (χ2n) is 3.86. The van der Waals surface area contributed by atoms with Gasteiger partial charge in [0.2, 0.25) is 0 Å². The lowest BCUT2D eigenvalue weighted by Gasteiger charge is -2.12. The molecule has 0 aliphatic rings. The third kappa shape index (κ3) is 2.38. The minimum absolute atomic E-state index is 0.0459. The first-order valence-electron chi connectivity index (χ1n) is 5.40. The average molecular weight is 250 g/mol. The molecule has 18 heavy (non-hydrogen) atoms. The van der Waals surface area contributed by atoms with Gasteiger partial charge in [0.25, 0.3) is 0 Å². The minimum Gasteiger partial charge on any atom is -0.504 e. The molecule has 0 fully saturated rings. The Bertz CT molecular complexity index is 588. The number of hydrogen-bond acceptors (Lipinski definition) is 4. The normalized spacial score (nSPS) is 12.3. The fourth-order valence-electron chi connectivity index (χ4n) is 1.70. The van der Waals surface area contributed by atoms with E-state index in [9.17, 15) is 15.0 Å². The van der Waals surface area contributed by atoms with Gasteiger partial charge in [0.15, 0.2) is 11.5 Å². The first-order chi connectivity index (χ1) is 8.61. The van der Waals surface area contributed by atoms with Gasteiger partial charge < -0.3 is 19.9 Å². The number of H-pyrrole nitrogens is 1. The summed E-state index contributed by atoms with van der Waals surface area (Å²) in [6.07, 6.45) is 2.17. The highest BCUT2D eigenvalue weighted by molar-refractivity contribution is 5.42. The smallest absolute Gasteiger partial charge is 0.325 e. The van der Waals surface area contributed by atoms with Crippen LogP contribution in [0.4, 0.5) is 0 Å². The first kappa shape index (κ1) is 12.3. The summed E-state index contributed by atoms with van der Waals surface area (Å²) in [5.41, 5.74) is 0.230. The Labute approximate surface area is 103 Å². The molecule has 6 nitrogen and oxygen atoms in total. The van der Waals surface area contributed by atoms with Crippen molar-refractivity contribution in [1.82, 2.24) is 9.55 Å². The molecule has 0 aliphatic carbocycles.